The van der Waals surface area contributed by atoms with Crippen LogP contribution in [0.4, 0.5) is 13.2 Å². The number of nitrogens with one attached hydrogen (secondary N) is 2. The van der Waals surface area contributed by atoms with Crippen LogP contribution in [0.2, 0.25) is 0 Å². The maximum absolute atomic E-state index is 14.3. The monoisotopic (exact) mass is 408 g/mol. The molecule has 2 N–H and O–H groups in total. The van der Waals surface area contributed by atoms with Crippen LogP contribution in [0.5, 0.6) is 0 Å². The fourth-order valence-corrected chi connectivity index (χ4v) is 4.16. The normalized spacial score (nSPS) is 20.6. The van der Waals surface area contributed by atoms with E-state index in [-0.39, 0.29) is 12.1 Å². The molecule has 1 aliphatic rings. The molecule has 1 aliphatic heterocycles. The molecule has 2 nitrogen and oxygen atoms in total. The second-order valence-electron chi connectivity index (χ2n) is 6.37. The van der Waals surface area contributed by atoms with E-state index >= 15 is 0 Å². The van der Waals surface area contributed by atoms with E-state index in [4.69, 9.17) is 0 Å². The van der Waals surface area contributed by atoms with Crippen molar-refractivity contribution in [3.8, 4) is 0 Å². The summed E-state index contributed by atoms with van der Waals surface area (Å²) in [6, 6.07) is 14.5. The summed E-state index contributed by atoms with van der Waals surface area (Å²) in [7, 11) is 0. The van der Waals surface area contributed by atoms with E-state index in [0.717, 1.165) is 16.5 Å². The summed E-state index contributed by atoms with van der Waals surface area (Å²) in [4.78, 5) is 3.06. The highest BCUT2D eigenvalue weighted by molar-refractivity contribution is 9.10. The largest absolute Gasteiger partial charge is 0.412 e. The van der Waals surface area contributed by atoms with Gasteiger partial charge in [0.2, 0.25) is 0 Å². The molecule has 0 bridgehead atoms. The van der Waals surface area contributed by atoms with Crippen molar-refractivity contribution in [2.45, 2.75) is 24.6 Å². The third-order valence-electron chi connectivity index (χ3n) is 4.94. The minimum Gasteiger partial charge on any atom is -0.356 e. The molecule has 0 amide bonds. The summed E-state index contributed by atoms with van der Waals surface area (Å²) in [6.07, 6.45) is -4.02. The van der Waals surface area contributed by atoms with Crippen molar-refractivity contribution < 1.29 is 13.2 Å². The zero-order valence-corrected chi connectivity index (χ0v) is 14.8. The summed E-state index contributed by atoms with van der Waals surface area (Å²) in [5.41, 5.74) is 0.251. The zero-order chi connectivity index (χ0) is 17.7. The van der Waals surface area contributed by atoms with Crippen LogP contribution in [-0.2, 0) is 18.4 Å². The Morgan fingerprint density at radius 1 is 1.04 bits per heavy atom. The van der Waals surface area contributed by atoms with Crippen LogP contribution in [-0.4, -0.2) is 17.7 Å². The molecule has 2 heterocycles. The van der Waals surface area contributed by atoms with Crippen molar-refractivity contribution in [3.63, 3.8) is 0 Å². The lowest BCUT2D eigenvalue weighted by Crippen LogP contribution is -2.58. The molecule has 0 saturated carbocycles. The Labute approximate surface area is 151 Å². The molecular weight excluding hydrogens is 393 g/mol. The first-order valence-corrected chi connectivity index (χ1v) is 8.87. The quantitative estimate of drug-likeness (QED) is 0.608. The van der Waals surface area contributed by atoms with Gasteiger partial charge >= 0.3 is 6.18 Å². The average molecular weight is 409 g/mol. The Hall–Kier alpha value is -1.79. The van der Waals surface area contributed by atoms with Crippen LogP contribution in [0, 0.1) is 0 Å². The Morgan fingerprint density at radius 2 is 1.76 bits per heavy atom. The van der Waals surface area contributed by atoms with Crippen LogP contribution in [0.3, 0.4) is 0 Å². The number of halogens is 4. The zero-order valence-electron chi connectivity index (χ0n) is 13.3. The summed E-state index contributed by atoms with van der Waals surface area (Å²) < 4.78 is 43.7. The SMILES string of the molecule is FC(F)(F)C1(Cc2ccccc2Br)NCCc2c1[nH]c1ccccc21. The second kappa shape index (κ2) is 5.88. The number of hydrogen-bond acceptors (Lipinski definition) is 1. The van der Waals surface area contributed by atoms with Gasteiger partial charge in [-0.15, -0.1) is 0 Å². The first-order chi connectivity index (χ1) is 11.9. The van der Waals surface area contributed by atoms with Crippen LogP contribution >= 0.6 is 15.9 Å². The molecule has 130 valence electrons. The number of hydrogen-bond donors (Lipinski definition) is 2. The fraction of sp³-hybridized carbons (Fsp3) is 0.263. The molecule has 0 radical (unpaired) electrons. The average Bonchev–Trinajstić information content (AvgIpc) is 2.96. The highest BCUT2D eigenvalue weighted by Crippen LogP contribution is 2.46. The van der Waals surface area contributed by atoms with E-state index in [2.05, 4.69) is 26.2 Å². The predicted octanol–water partition coefficient (Wildman–Crippen LogP) is 5.08. The molecular formula is C19H16BrF3N2. The van der Waals surface area contributed by atoms with E-state index in [1.807, 2.05) is 24.3 Å². The van der Waals surface area contributed by atoms with Gasteiger partial charge in [0, 0.05) is 34.0 Å². The highest BCUT2D eigenvalue weighted by atomic mass is 79.9. The first-order valence-electron chi connectivity index (χ1n) is 8.07. The van der Waals surface area contributed by atoms with Gasteiger partial charge < -0.3 is 4.98 Å². The van der Waals surface area contributed by atoms with Gasteiger partial charge in [0.15, 0.2) is 5.54 Å². The summed E-state index contributed by atoms with van der Waals surface area (Å²) in [5, 5.41) is 3.66. The van der Waals surface area contributed by atoms with Gasteiger partial charge in [0.1, 0.15) is 0 Å². The van der Waals surface area contributed by atoms with Gasteiger partial charge in [-0.2, -0.15) is 13.2 Å². The van der Waals surface area contributed by atoms with E-state index in [1.54, 1.807) is 24.3 Å². The van der Waals surface area contributed by atoms with Gasteiger partial charge in [-0.3, -0.25) is 5.32 Å². The van der Waals surface area contributed by atoms with Crippen molar-refractivity contribution in [1.29, 1.82) is 0 Å². The van der Waals surface area contributed by atoms with E-state index in [9.17, 15) is 13.2 Å². The maximum Gasteiger partial charge on any atom is 0.412 e. The van der Waals surface area contributed by atoms with Crippen molar-refractivity contribution >= 4 is 26.8 Å². The molecule has 0 aliphatic carbocycles. The van der Waals surface area contributed by atoms with Gasteiger partial charge in [-0.25, -0.2) is 0 Å². The lowest BCUT2D eigenvalue weighted by Gasteiger charge is -2.40. The summed E-state index contributed by atoms with van der Waals surface area (Å²) >= 11 is 3.38. The number of aromatic nitrogens is 1. The lowest BCUT2D eigenvalue weighted by atomic mass is 9.81. The van der Waals surface area contributed by atoms with Gasteiger partial charge in [-0.05, 0) is 29.7 Å². The molecule has 1 atom stereocenters. The topological polar surface area (TPSA) is 27.8 Å². The van der Waals surface area contributed by atoms with E-state index in [0.29, 0.717) is 23.0 Å². The number of H-pyrrole nitrogens is 1. The molecule has 0 fully saturated rings. The predicted molar refractivity (Wildman–Crippen MR) is 95.6 cm³/mol. The van der Waals surface area contributed by atoms with Crippen LogP contribution in [0.1, 0.15) is 16.8 Å². The smallest absolute Gasteiger partial charge is 0.356 e. The van der Waals surface area contributed by atoms with Crippen molar-refractivity contribution in [3.05, 3.63) is 69.8 Å². The van der Waals surface area contributed by atoms with Crippen molar-refractivity contribution in [1.82, 2.24) is 10.3 Å². The molecule has 0 spiro atoms. The first kappa shape index (κ1) is 16.7. The van der Waals surface area contributed by atoms with Crippen LogP contribution < -0.4 is 5.32 Å². The molecule has 4 rings (SSSR count). The number of fused-ring (bicyclic) bond motifs is 3. The molecule has 25 heavy (non-hydrogen) atoms. The van der Waals surface area contributed by atoms with Crippen LogP contribution in [0.25, 0.3) is 10.9 Å². The minimum atomic E-state index is -4.43. The lowest BCUT2D eigenvalue weighted by molar-refractivity contribution is -0.203. The second-order valence-corrected chi connectivity index (χ2v) is 7.23. The molecule has 0 saturated heterocycles. The van der Waals surface area contributed by atoms with Crippen molar-refractivity contribution in [2.75, 3.05) is 6.54 Å². The fourth-order valence-electron chi connectivity index (χ4n) is 3.73. The molecule has 1 unspecified atom stereocenters. The maximum atomic E-state index is 14.3. The number of alkyl halides is 3. The van der Waals surface area contributed by atoms with E-state index < -0.39 is 11.7 Å². The number of benzene rings is 2. The number of rotatable bonds is 2. The Kier molecular flexibility index (Phi) is 3.92. The van der Waals surface area contributed by atoms with Crippen molar-refractivity contribution in [2.24, 2.45) is 0 Å². The summed E-state index contributed by atoms with van der Waals surface area (Å²) in [6.45, 7) is 0.290. The molecule has 6 heteroatoms. The minimum absolute atomic E-state index is 0.169. The Bertz CT molecular complexity index is 932. The third kappa shape index (κ3) is 2.59. The Morgan fingerprint density at radius 3 is 2.52 bits per heavy atom. The standard InChI is InChI=1S/C19H16BrF3N2/c20-15-7-3-1-5-12(15)11-18(19(21,22)23)17-14(9-10-24-18)13-6-2-4-8-16(13)25-17/h1-8,24-25H,9-11H2. The Balaban J connectivity index is 1.94. The van der Waals surface area contributed by atoms with Gasteiger partial charge in [0.05, 0.1) is 0 Å². The third-order valence-corrected chi connectivity index (χ3v) is 5.71. The molecule has 2 aromatic carbocycles. The van der Waals surface area contributed by atoms with E-state index in [1.165, 1.54) is 0 Å². The number of para-hydroxylation sites is 1. The summed E-state index contributed by atoms with van der Waals surface area (Å²) in [5.74, 6) is 0. The number of aromatic amines is 1. The highest BCUT2D eigenvalue weighted by Gasteiger charge is 2.58. The molecule has 1 aromatic heterocycles. The van der Waals surface area contributed by atoms with Crippen LogP contribution in [0.15, 0.2) is 53.0 Å². The van der Waals surface area contributed by atoms with Gasteiger partial charge in [0.25, 0.3) is 0 Å². The molecule has 3 aromatic rings. The van der Waals surface area contributed by atoms with Gasteiger partial charge in [-0.1, -0.05) is 52.3 Å².